The van der Waals surface area contributed by atoms with E-state index in [0.717, 1.165) is 43.8 Å². The van der Waals surface area contributed by atoms with Gasteiger partial charge < -0.3 is 24.1 Å². The van der Waals surface area contributed by atoms with Gasteiger partial charge in [0.25, 0.3) is 11.7 Å². The van der Waals surface area contributed by atoms with Crippen molar-refractivity contribution in [2.24, 2.45) is 0 Å². The van der Waals surface area contributed by atoms with E-state index in [9.17, 15) is 14.7 Å². The number of carbonyl (C=O) groups excluding carboxylic acids is 2. The minimum atomic E-state index is -0.745. The zero-order valence-electron chi connectivity index (χ0n) is 18.8. The Labute approximate surface area is 188 Å². The molecule has 1 aromatic carbocycles. The number of rotatable bonds is 8. The van der Waals surface area contributed by atoms with Crippen LogP contribution in [0.1, 0.15) is 50.1 Å². The Kier molecular flexibility index (Phi) is 6.37. The summed E-state index contributed by atoms with van der Waals surface area (Å²) in [6.07, 6.45) is 3.04. The Morgan fingerprint density at radius 3 is 2.69 bits per heavy atom. The molecule has 2 aliphatic rings. The third-order valence-electron chi connectivity index (χ3n) is 6.29. The summed E-state index contributed by atoms with van der Waals surface area (Å²) in [7, 11) is 0. The van der Waals surface area contributed by atoms with E-state index in [-0.39, 0.29) is 17.4 Å². The lowest BCUT2D eigenvalue weighted by molar-refractivity contribution is -0.140. The lowest BCUT2D eigenvalue weighted by Crippen LogP contribution is -2.33. The Morgan fingerprint density at radius 2 is 2.00 bits per heavy atom. The quantitative estimate of drug-likeness (QED) is 0.384. The number of carbonyl (C=O) groups is 2. The average Bonchev–Trinajstić information content (AvgIpc) is 3.49. The second-order valence-corrected chi connectivity index (χ2v) is 8.34. The van der Waals surface area contributed by atoms with Crippen LogP contribution in [0.3, 0.4) is 0 Å². The molecule has 32 heavy (non-hydrogen) atoms. The molecule has 2 aliphatic heterocycles. The molecule has 2 atom stereocenters. The van der Waals surface area contributed by atoms with Gasteiger partial charge in [-0.15, -0.1) is 0 Å². The number of furan rings is 1. The smallest absolute Gasteiger partial charge is 0.295 e. The fourth-order valence-electron chi connectivity index (χ4n) is 4.58. The lowest BCUT2D eigenvalue weighted by Gasteiger charge is -2.25. The number of likely N-dealkylation sites (tertiary alicyclic amines) is 1. The van der Waals surface area contributed by atoms with Gasteiger partial charge >= 0.3 is 0 Å². The van der Waals surface area contributed by atoms with Gasteiger partial charge in [0.1, 0.15) is 29.4 Å². The second kappa shape index (κ2) is 9.20. The molecule has 0 radical (unpaired) electrons. The minimum Gasteiger partial charge on any atom is -0.507 e. The average molecular weight is 439 g/mol. The van der Waals surface area contributed by atoms with Crippen LogP contribution in [-0.2, 0) is 16.0 Å². The van der Waals surface area contributed by atoms with E-state index < -0.39 is 17.7 Å². The summed E-state index contributed by atoms with van der Waals surface area (Å²) in [4.78, 5) is 29.8. The highest BCUT2D eigenvalue weighted by Crippen LogP contribution is 2.40. The Bertz CT molecular complexity index is 1020. The molecule has 1 saturated heterocycles. The fraction of sp³-hybridized carbons (Fsp3) is 0.440. The third kappa shape index (κ3) is 4.05. The van der Waals surface area contributed by atoms with Crippen LogP contribution in [0, 0.1) is 0 Å². The van der Waals surface area contributed by atoms with Gasteiger partial charge in [-0.2, -0.15) is 0 Å². The fourth-order valence-corrected chi connectivity index (χ4v) is 4.58. The highest BCUT2D eigenvalue weighted by atomic mass is 16.5. The van der Waals surface area contributed by atoms with Gasteiger partial charge in [0.05, 0.1) is 11.8 Å². The first-order chi connectivity index (χ1) is 15.4. The molecular formula is C25H30N2O5. The molecule has 0 spiro atoms. The Hall–Kier alpha value is -3.06. The molecular weight excluding hydrogens is 408 g/mol. The van der Waals surface area contributed by atoms with Gasteiger partial charge in [-0.3, -0.25) is 9.59 Å². The van der Waals surface area contributed by atoms with Gasteiger partial charge in [-0.25, -0.2) is 0 Å². The molecule has 1 amide bonds. The summed E-state index contributed by atoms with van der Waals surface area (Å²) in [5, 5.41) is 11.2. The molecule has 7 nitrogen and oxygen atoms in total. The highest BCUT2D eigenvalue weighted by molar-refractivity contribution is 6.46. The van der Waals surface area contributed by atoms with Crippen LogP contribution in [0.25, 0.3) is 5.76 Å². The summed E-state index contributed by atoms with van der Waals surface area (Å²) in [5.74, 6) is -0.221. The molecule has 0 aliphatic carbocycles. The monoisotopic (exact) mass is 438 g/mol. The summed E-state index contributed by atoms with van der Waals surface area (Å²) >= 11 is 0. The van der Waals surface area contributed by atoms with Crippen LogP contribution in [0.2, 0.25) is 0 Å². The van der Waals surface area contributed by atoms with Crippen LogP contribution in [0.4, 0.5) is 0 Å². The molecule has 1 fully saturated rings. The van der Waals surface area contributed by atoms with Gasteiger partial charge in [0.15, 0.2) is 0 Å². The zero-order valence-corrected chi connectivity index (χ0v) is 18.8. The predicted molar refractivity (Wildman–Crippen MR) is 120 cm³/mol. The molecule has 3 heterocycles. The molecule has 1 aromatic heterocycles. The third-order valence-corrected chi connectivity index (χ3v) is 6.29. The van der Waals surface area contributed by atoms with E-state index in [0.29, 0.717) is 17.9 Å². The van der Waals surface area contributed by atoms with Crippen molar-refractivity contribution in [3.63, 3.8) is 0 Å². The molecule has 0 bridgehead atoms. The number of benzene rings is 1. The SMILES string of the molecule is CCN(CC)CCCN1C(=O)C(=O)C(=C(O)c2ccc3c(c2)C[C@H](C)O3)[C@H]1c1ccco1. The van der Waals surface area contributed by atoms with Crippen LogP contribution in [0.15, 0.2) is 46.6 Å². The number of fused-ring (bicyclic) bond motifs is 1. The molecule has 7 heteroatoms. The van der Waals surface area contributed by atoms with Crippen LogP contribution in [-0.4, -0.2) is 58.9 Å². The van der Waals surface area contributed by atoms with Crippen molar-refractivity contribution in [1.29, 1.82) is 0 Å². The van der Waals surface area contributed by atoms with Crippen molar-refractivity contribution >= 4 is 17.4 Å². The standard InChI is InChI=1S/C25H30N2O5/c1-4-26(5-2)11-7-12-27-22(20-8-6-13-31-20)21(24(29)25(27)30)23(28)17-9-10-19-18(15-17)14-16(3)32-19/h6,8-10,13,15-16,22,28H,4-5,7,11-12,14H2,1-3H3/t16-,22+/m0/s1. The van der Waals surface area contributed by atoms with Crippen molar-refractivity contribution < 1.29 is 23.8 Å². The maximum Gasteiger partial charge on any atom is 0.295 e. The summed E-state index contributed by atoms with van der Waals surface area (Å²) < 4.78 is 11.3. The number of hydrogen-bond acceptors (Lipinski definition) is 6. The van der Waals surface area contributed by atoms with Gasteiger partial charge in [-0.1, -0.05) is 13.8 Å². The number of ether oxygens (including phenoxy) is 1. The Morgan fingerprint density at radius 1 is 1.22 bits per heavy atom. The van der Waals surface area contributed by atoms with E-state index >= 15 is 0 Å². The van der Waals surface area contributed by atoms with Crippen molar-refractivity contribution in [3.8, 4) is 5.75 Å². The van der Waals surface area contributed by atoms with Gasteiger partial charge in [0, 0.05) is 18.5 Å². The molecule has 170 valence electrons. The first kappa shape index (κ1) is 22.1. The van der Waals surface area contributed by atoms with E-state index in [1.807, 2.05) is 13.0 Å². The molecule has 4 rings (SSSR count). The van der Waals surface area contributed by atoms with Crippen molar-refractivity contribution in [2.45, 2.75) is 45.8 Å². The number of hydrogen-bond donors (Lipinski definition) is 1. The maximum atomic E-state index is 13.0. The van der Waals surface area contributed by atoms with Crippen molar-refractivity contribution in [2.75, 3.05) is 26.2 Å². The first-order valence-corrected chi connectivity index (χ1v) is 11.3. The summed E-state index contributed by atoms with van der Waals surface area (Å²) in [5.41, 5.74) is 1.54. The molecule has 0 unspecified atom stereocenters. The minimum absolute atomic E-state index is 0.0692. The van der Waals surface area contributed by atoms with E-state index in [1.54, 1.807) is 24.3 Å². The zero-order chi connectivity index (χ0) is 22.8. The van der Waals surface area contributed by atoms with Gasteiger partial charge in [-0.05, 0) is 68.9 Å². The lowest BCUT2D eigenvalue weighted by atomic mass is 9.97. The molecule has 1 N–H and O–H groups in total. The van der Waals surface area contributed by atoms with Crippen LogP contribution >= 0.6 is 0 Å². The van der Waals surface area contributed by atoms with Crippen molar-refractivity contribution in [3.05, 3.63) is 59.1 Å². The molecule has 0 saturated carbocycles. The topological polar surface area (TPSA) is 83.2 Å². The number of nitrogens with zero attached hydrogens (tertiary/aromatic N) is 2. The van der Waals surface area contributed by atoms with Crippen molar-refractivity contribution in [1.82, 2.24) is 9.80 Å². The van der Waals surface area contributed by atoms with E-state index in [4.69, 9.17) is 9.15 Å². The normalized spacial score (nSPS) is 21.9. The number of aliphatic hydroxyl groups excluding tert-OH is 1. The van der Waals surface area contributed by atoms with E-state index in [1.165, 1.54) is 11.2 Å². The second-order valence-electron chi connectivity index (χ2n) is 8.34. The maximum absolute atomic E-state index is 13.0. The largest absolute Gasteiger partial charge is 0.507 e. The number of Topliss-reactive ketones (excluding diaryl/α,β-unsaturated/α-hetero) is 1. The van der Waals surface area contributed by atoms with Gasteiger partial charge in [0.2, 0.25) is 0 Å². The van der Waals surface area contributed by atoms with Crippen LogP contribution < -0.4 is 4.74 Å². The Balaban J connectivity index is 1.68. The predicted octanol–water partition coefficient (Wildman–Crippen LogP) is 3.76. The summed E-state index contributed by atoms with van der Waals surface area (Å²) in [6.45, 7) is 9.26. The number of amides is 1. The number of ketones is 1. The number of aliphatic hydroxyl groups is 1. The first-order valence-electron chi connectivity index (χ1n) is 11.3. The van der Waals surface area contributed by atoms with E-state index in [2.05, 4.69) is 18.7 Å². The molecule has 2 aromatic rings. The van der Waals surface area contributed by atoms with Crippen LogP contribution in [0.5, 0.6) is 5.75 Å². The highest BCUT2D eigenvalue weighted by Gasteiger charge is 2.47. The summed E-state index contributed by atoms with van der Waals surface area (Å²) in [6, 6.07) is 8.07.